The van der Waals surface area contributed by atoms with E-state index >= 15 is 0 Å². The average molecular weight is 2190 g/mol. The molecular weight excluding hydrogens is 2100 g/mol. The second kappa shape index (κ2) is 42.5. The molecule has 628 valence electrons. The number of pyridine rings is 6. The van der Waals surface area contributed by atoms with E-state index in [1.165, 1.54) is 22.3 Å². The first-order valence-corrected chi connectivity index (χ1v) is 41.9. The molecule has 6 heterocycles. The average Bonchev–Trinajstić information content (AvgIpc) is 0.765. The number of aromatic nitrogens is 6. The summed E-state index contributed by atoms with van der Waals surface area (Å²) in [6, 6.07) is 157. The minimum absolute atomic E-state index is 0. The maximum atomic E-state index is 4.76. The molecule has 6 aromatic heterocycles. The maximum absolute atomic E-state index is 4.76. The van der Waals surface area contributed by atoms with Gasteiger partial charge in [-0.05, 0) is 208 Å². The van der Waals surface area contributed by atoms with Gasteiger partial charge < -0.3 is 44.6 Å². The summed E-state index contributed by atoms with van der Waals surface area (Å²) in [7, 11) is 0. The smallest absolute Gasteiger partial charge is 0.346 e. The van der Waals surface area contributed by atoms with Crippen LogP contribution in [0, 0.1) is 36.4 Å². The Labute approximate surface area is 795 Å². The Morgan fingerprint density at radius 3 is 0.688 bits per heavy atom. The number of rotatable bonds is 19. The summed E-state index contributed by atoms with van der Waals surface area (Å²) in [6.07, 6.45) is 11.0. The summed E-state index contributed by atoms with van der Waals surface area (Å²) in [6.45, 7) is 13.6. The second-order valence-corrected chi connectivity index (χ2v) is 32.3. The van der Waals surface area contributed by atoms with Crippen LogP contribution in [0.5, 0.6) is 0 Å². The van der Waals surface area contributed by atoms with E-state index in [0.29, 0.717) is 0 Å². The van der Waals surface area contributed by atoms with Gasteiger partial charge in [0, 0.05) is 54.2 Å². The number of para-hydroxylation sites is 1. The second-order valence-electron chi connectivity index (χ2n) is 32.3. The van der Waals surface area contributed by atoms with E-state index in [9.17, 15) is 0 Å². The molecule has 19 rings (SSSR count). The molecule has 0 saturated heterocycles. The van der Waals surface area contributed by atoms with E-state index in [1.54, 1.807) is 12.4 Å². The van der Waals surface area contributed by atoms with Gasteiger partial charge in [-0.1, -0.05) is 254 Å². The summed E-state index contributed by atoms with van der Waals surface area (Å²) in [5.74, 6) is 0. The monoisotopic (exact) mass is 2190 g/mol. The van der Waals surface area contributed by atoms with E-state index in [-0.39, 0.29) is 74.0 Å². The van der Waals surface area contributed by atoms with Crippen molar-refractivity contribution in [1.82, 2.24) is 29.9 Å². The number of hydrogen-bond donors (Lipinski definition) is 0. The molecule has 12 heteroatoms. The van der Waals surface area contributed by atoms with Gasteiger partial charge in [-0.2, -0.15) is 0 Å². The first-order valence-electron chi connectivity index (χ1n) is 41.9. The molecule has 0 radical (unpaired) electrons. The molecule has 0 unspecified atom stereocenters. The van der Waals surface area contributed by atoms with Gasteiger partial charge in [0.25, 0.3) is 0 Å². The molecule has 0 N–H and O–H groups in total. The molecule has 13 aromatic carbocycles. The summed E-state index contributed by atoms with van der Waals surface area (Å²) in [5, 5.41) is 0. The summed E-state index contributed by atoms with van der Waals surface area (Å²) in [4.78, 5) is 34.4. The molecule has 0 aliphatic heterocycles. The molecule has 0 fully saturated rings. The van der Waals surface area contributed by atoms with Crippen molar-refractivity contribution in [2.24, 2.45) is 0 Å². The number of hydrogen-bond acceptors (Lipinski definition) is 9. The van der Waals surface area contributed by atoms with Gasteiger partial charge in [-0.25, -0.2) is 0 Å². The van der Waals surface area contributed by atoms with Crippen molar-refractivity contribution in [1.29, 1.82) is 0 Å². The van der Waals surface area contributed by atoms with E-state index in [4.69, 9.17) is 15.0 Å². The normalized spacial score (nSPS) is 10.9. The van der Waals surface area contributed by atoms with Gasteiger partial charge in [-0.3, -0.25) is 0 Å². The zero-order chi connectivity index (χ0) is 85.3. The van der Waals surface area contributed by atoms with Crippen molar-refractivity contribution < 1.29 is 63.2 Å². The van der Waals surface area contributed by atoms with Crippen molar-refractivity contribution in [3.05, 3.63) is 479 Å². The molecule has 0 amide bonds. The first-order chi connectivity index (χ1) is 61.2. The third kappa shape index (κ3) is 22.2. The Hall–Kier alpha value is -13.8. The Balaban J connectivity index is 0.000000154. The van der Waals surface area contributed by atoms with Gasteiger partial charge in [-0.15, -0.1) is 179 Å². The topological polar surface area (TPSA) is 87.1 Å². The zero-order valence-electron chi connectivity index (χ0n) is 71.5. The van der Waals surface area contributed by atoms with Crippen molar-refractivity contribution in [3.63, 3.8) is 0 Å². The summed E-state index contributed by atoms with van der Waals surface area (Å²) < 4.78 is 0. The molecule has 0 spiro atoms. The van der Waals surface area contributed by atoms with Gasteiger partial charge in [0.05, 0.1) is 0 Å². The third-order valence-electron chi connectivity index (χ3n) is 21.5. The van der Waals surface area contributed by atoms with E-state index in [0.717, 1.165) is 152 Å². The van der Waals surface area contributed by atoms with Crippen LogP contribution in [-0.4, -0.2) is 29.9 Å². The van der Waals surface area contributed by atoms with Gasteiger partial charge in [0.2, 0.25) is 0 Å². The molecule has 0 bridgehead atoms. The molecule has 19 aromatic rings. The van der Waals surface area contributed by atoms with Gasteiger partial charge >= 0.3 is 63.2 Å². The van der Waals surface area contributed by atoms with Crippen LogP contribution in [-0.2, 0) is 74.0 Å². The third-order valence-corrected chi connectivity index (χ3v) is 21.5. The SMILES string of the molecule is CC(C)(C)c1cc(N(c2[c-]c(-c3ccccn3)ccc2)c2[c-]c(-c3cc(-c4ccccc4)ccn3)ccc2)cc(C(C)(C)C)c1.[Pt+2].[Pt+2].[Pt+2].[c-]1c(-c2cc(-c3ccccc3)ccn2)cccc1N(c1[c-]c(-c2cc(-c3ccccc3)ccn2)ccc1)c1ccccc1.[c-]1c(-c2ccccn2)cccc1N(c1[c-]c(-c2ccccn2)ccc1)c1ccc(-c2ccccc2)cc1. The van der Waals surface area contributed by atoms with Gasteiger partial charge in [0.15, 0.2) is 0 Å². The summed E-state index contributed by atoms with van der Waals surface area (Å²) >= 11 is 0. The number of benzene rings is 13. The molecule has 0 aliphatic rings. The van der Waals surface area contributed by atoms with Crippen LogP contribution in [0.4, 0.5) is 51.2 Å². The Bertz CT molecular complexity index is 6560. The van der Waals surface area contributed by atoms with Crippen LogP contribution < -0.4 is 14.7 Å². The Morgan fingerprint density at radius 2 is 0.414 bits per heavy atom. The molecule has 9 nitrogen and oxygen atoms in total. The quantitative estimate of drug-likeness (QED) is 0.0735. The van der Waals surface area contributed by atoms with Crippen molar-refractivity contribution >= 4 is 51.2 Å². The minimum Gasteiger partial charge on any atom is -0.346 e. The Morgan fingerprint density at radius 1 is 0.180 bits per heavy atom. The fraction of sp³-hybridized carbons (Fsp3) is 0.0690. The van der Waals surface area contributed by atoms with E-state index in [2.05, 4.69) is 368 Å². The first kappa shape index (κ1) is 90.5. The molecule has 0 aliphatic carbocycles. The maximum Gasteiger partial charge on any atom is 2.00 e. The molecular formula is C116H89N9Pt3. The predicted octanol–water partition coefficient (Wildman–Crippen LogP) is 29.9. The predicted molar refractivity (Wildman–Crippen MR) is 515 cm³/mol. The van der Waals surface area contributed by atoms with E-state index < -0.39 is 0 Å². The van der Waals surface area contributed by atoms with Crippen molar-refractivity contribution in [3.8, 4) is 112 Å². The van der Waals surface area contributed by atoms with E-state index in [1.807, 2.05) is 158 Å². The molecule has 0 atom stereocenters. The van der Waals surface area contributed by atoms with Crippen LogP contribution in [0.1, 0.15) is 52.7 Å². The zero-order valence-corrected chi connectivity index (χ0v) is 78.3. The fourth-order valence-corrected chi connectivity index (χ4v) is 15.0. The molecule has 128 heavy (non-hydrogen) atoms. The van der Waals surface area contributed by atoms with Crippen molar-refractivity contribution in [2.75, 3.05) is 14.7 Å². The number of anilines is 9. The number of nitrogens with zero attached hydrogens (tertiary/aromatic N) is 9. The van der Waals surface area contributed by atoms with Gasteiger partial charge in [0.1, 0.15) is 0 Å². The summed E-state index contributed by atoms with van der Waals surface area (Å²) in [5.41, 5.74) is 31.1. The van der Waals surface area contributed by atoms with Crippen LogP contribution in [0.2, 0.25) is 0 Å². The van der Waals surface area contributed by atoms with Crippen LogP contribution in [0.3, 0.4) is 0 Å². The standard InChI is InChI=1S/C42H39N3.C40H27N3.C34H23N3.3Pt/c1-41(2,3)34-27-35(42(4,5)6)29-38(28-34)45(36-18-12-16-32(24-36)39-20-10-11-22-43-39)37-19-13-17-33(25-37)40-26-31(21-23-44-40)30-14-8-7-9-15-30;1-4-12-30(13-5-1)32-22-24-41-39(28-32)34-16-10-20-37(26-34)43(36-18-8-3-9-19-36)38-21-11-17-35(27-38)40-29-33(23-25-42-40)31-14-6-2-7-15-31;1-2-10-26(11-3-1)27-18-20-30(21-19-27)37(31-14-8-12-28(24-31)33-16-4-6-22-35-33)32-15-9-13-29(25-32)34-17-5-7-23-36-34;;;/h7-23,26-29H,1-6H3;1-25,28-29H;1-23H;;;/q3*-2;3*+2. The fourth-order valence-electron chi connectivity index (χ4n) is 15.0. The van der Waals surface area contributed by atoms with Crippen LogP contribution >= 0.6 is 0 Å². The minimum atomic E-state index is -0.0332. The Kier molecular flexibility index (Phi) is 30.0. The largest absolute Gasteiger partial charge is 2.00 e. The van der Waals surface area contributed by atoms with Crippen molar-refractivity contribution in [2.45, 2.75) is 52.4 Å². The van der Waals surface area contributed by atoms with Crippen LogP contribution in [0.25, 0.3) is 112 Å². The van der Waals surface area contributed by atoms with Crippen LogP contribution in [0.15, 0.2) is 431 Å². The molecule has 0 saturated carbocycles.